The number of fused-ring (bicyclic) bond motifs is 5. The molecule has 5 nitrogen and oxygen atoms in total. The van der Waals surface area contributed by atoms with Gasteiger partial charge in [0, 0.05) is 10.2 Å². The molecule has 0 spiro atoms. The maximum absolute atomic E-state index is 12.9. The molecule has 2 aliphatic carbocycles. The summed E-state index contributed by atoms with van der Waals surface area (Å²) in [5.41, 5.74) is 2.72. The van der Waals surface area contributed by atoms with Crippen LogP contribution in [-0.2, 0) is 14.4 Å². The Kier molecular flexibility index (Phi) is 4.21. The van der Waals surface area contributed by atoms with Crippen molar-refractivity contribution in [1.29, 1.82) is 0 Å². The van der Waals surface area contributed by atoms with Crippen molar-refractivity contribution in [2.24, 2.45) is 23.7 Å². The van der Waals surface area contributed by atoms with Gasteiger partial charge in [0.2, 0.25) is 17.7 Å². The monoisotopic (exact) mass is 418 g/mol. The maximum atomic E-state index is 12.9. The molecule has 6 heteroatoms. The fourth-order valence-corrected chi connectivity index (χ4v) is 5.42. The normalized spacial score (nSPS) is 30.7. The molecule has 5 atom stereocenters. The Bertz CT molecular complexity index is 770. The molecule has 0 aromatic heterocycles. The first-order chi connectivity index (χ1) is 12.3. The number of carbonyl (C=O) groups excluding carboxylic acids is 3. The molecule has 138 valence electrons. The Morgan fingerprint density at radius 2 is 1.62 bits per heavy atom. The summed E-state index contributed by atoms with van der Waals surface area (Å²) in [6, 6.07) is 2.97. The molecule has 0 unspecified atom stereocenters. The third-order valence-corrected chi connectivity index (χ3v) is 7.68. The molecule has 1 aliphatic heterocycles. The highest BCUT2D eigenvalue weighted by Gasteiger charge is 2.62. The molecule has 1 N–H and O–H groups in total. The van der Waals surface area contributed by atoms with Crippen molar-refractivity contribution in [1.82, 2.24) is 4.90 Å². The van der Waals surface area contributed by atoms with E-state index in [0.29, 0.717) is 17.5 Å². The first-order valence-corrected chi connectivity index (χ1v) is 10.0. The summed E-state index contributed by atoms with van der Waals surface area (Å²) in [4.78, 5) is 39.7. The first kappa shape index (κ1) is 17.7. The Balaban J connectivity index is 1.52. The summed E-state index contributed by atoms with van der Waals surface area (Å²) in [7, 11) is 0. The largest absolute Gasteiger partial charge is 0.324 e. The molecule has 1 heterocycles. The van der Waals surface area contributed by atoms with Crippen LogP contribution < -0.4 is 5.32 Å². The lowest BCUT2D eigenvalue weighted by molar-refractivity contribution is -0.146. The summed E-state index contributed by atoms with van der Waals surface area (Å²) in [6.45, 7) is 5.56. The van der Waals surface area contributed by atoms with E-state index < -0.39 is 6.04 Å². The van der Waals surface area contributed by atoms with Crippen molar-refractivity contribution < 1.29 is 14.4 Å². The summed E-state index contributed by atoms with van der Waals surface area (Å²) >= 11 is 3.51. The molecule has 2 bridgehead atoms. The number of imide groups is 1. The van der Waals surface area contributed by atoms with Gasteiger partial charge in [0.15, 0.2) is 0 Å². The van der Waals surface area contributed by atoms with E-state index in [4.69, 9.17) is 0 Å². The van der Waals surface area contributed by atoms with Crippen LogP contribution in [0.4, 0.5) is 5.69 Å². The van der Waals surface area contributed by atoms with Crippen LogP contribution in [-0.4, -0.2) is 28.7 Å². The average molecular weight is 419 g/mol. The minimum absolute atomic E-state index is 0.141. The topological polar surface area (TPSA) is 66.5 Å². The average Bonchev–Trinajstić information content (AvgIpc) is 3.26. The number of aryl methyl sites for hydroxylation is 2. The van der Waals surface area contributed by atoms with E-state index in [0.717, 1.165) is 34.9 Å². The second-order valence-electron chi connectivity index (χ2n) is 8.02. The fraction of sp³-hybridized carbons (Fsp3) is 0.550. The van der Waals surface area contributed by atoms with Gasteiger partial charge in [-0.25, -0.2) is 0 Å². The van der Waals surface area contributed by atoms with Crippen LogP contribution in [0.3, 0.4) is 0 Å². The van der Waals surface area contributed by atoms with Gasteiger partial charge in [0.1, 0.15) is 6.04 Å². The Morgan fingerprint density at radius 1 is 1.12 bits per heavy atom. The van der Waals surface area contributed by atoms with Gasteiger partial charge in [-0.2, -0.15) is 0 Å². The van der Waals surface area contributed by atoms with Gasteiger partial charge >= 0.3 is 0 Å². The Hall–Kier alpha value is -1.69. The number of likely N-dealkylation sites (tertiary alicyclic amines) is 1. The maximum Gasteiger partial charge on any atom is 0.247 e. The Morgan fingerprint density at radius 3 is 2.12 bits per heavy atom. The standard InChI is InChI=1S/C20H23BrN2O3/c1-9-6-14(7-10(2)17(9)21)22-18(24)11(3)23-19(25)15-12-4-5-13(8-12)16(15)20(23)26/h6-7,11-13,15-16H,4-5,8H2,1-3H3,(H,22,24)/t11-,12-,13-,15-,16+/m1/s1. The zero-order valence-electron chi connectivity index (χ0n) is 15.2. The van der Waals surface area contributed by atoms with E-state index in [1.807, 2.05) is 26.0 Å². The molecular formula is C20H23BrN2O3. The van der Waals surface area contributed by atoms with E-state index in [1.165, 1.54) is 4.90 Å². The van der Waals surface area contributed by atoms with E-state index in [-0.39, 0.29) is 29.6 Å². The van der Waals surface area contributed by atoms with Crippen LogP contribution in [0.15, 0.2) is 16.6 Å². The van der Waals surface area contributed by atoms with E-state index in [1.54, 1.807) is 6.92 Å². The lowest BCUT2D eigenvalue weighted by Crippen LogP contribution is -2.46. The predicted octanol–water partition coefficient (Wildman–Crippen LogP) is 3.42. The van der Waals surface area contributed by atoms with Crippen LogP contribution in [0.1, 0.15) is 37.3 Å². The first-order valence-electron chi connectivity index (χ1n) is 9.24. The highest BCUT2D eigenvalue weighted by atomic mass is 79.9. The molecule has 1 aromatic carbocycles. The highest BCUT2D eigenvalue weighted by Crippen LogP contribution is 2.56. The van der Waals surface area contributed by atoms with Crippen molar-refractivity contribution in [2.75, 3.05) is 5.32 Å². The number of anilines is 1. The minimum Gasteiger partial charge on any atom is -0.324 e. The molecule has 1 saturated heterocycles. The molecule has 3 amide bonds. The van der Waals surface area contributed by atoms with Gasteiger partial charge in [-0.3, -0.25) is 19.3 Å². The van der Waals surface area contributed by atoms with E-state index in [2.05, 4.69) is 21.2 Å². The molecule has 1 aromatic rings. The van der Waals surface area contributed by atoms with Crippen molar-refractivity contribution in [2.45, 2.75) is 46.1 Å². The smallest absolute Gasteiger partial charge is 0.247 e. The van der Waals surface area contributed by atoms with Crippen LogP contribution in [0.25, 0.3) is 0 Å². The SMILES string of the molecule is Cc1cc(NC(=O)[C@@H](C)N2C(=O)[C@@H]3[C@@H]4CC[C@H](C4)[C@@H]3C2=O)cc(C)c1Br. The molecule has 2 saturated carbocycles. The third kappa shape index (κ3) is 2.53. The third-order valence-electron chi connectivity index (χ3n) is 6.43. The van der Waals surface area contributed by atoms with E-state index in [9.17, 15) is 14.4 Å². The summed E-state index contributed by atoms with van der Waals surface area (Å²) in [5, 5.41) is 2.87. The van der Waals surface area contributed by atoms with Crippen LogP contribution in [0.5, 0.6) is 0 Å². The van der Waals surface area contributed by atoms with Gasteiger partial charge in [-0.1, -0.05) is 15.9 Å². The van der Waals surface area contributed by atoms with Gasteiger partial charge in [0.05, 0.1) is 11.8 Å². The quantitative estimate of drug-likeness (QED) is 0.764. The number of hydrogen-bond donors (Lipinski definition) is 1. The van der Waals surface area contributed by atoms with Gasteiger partial charge in [-0.15, -0.1) is 0 Å². The molecule has 3 fully saturated rings. The number of amides is 3. The lowest BCUT2D eigenvalue weighted by Gasteiger charge is -2.24. The van der Waals surface area contributed by atoms with Gasteiger partial charge in [0.25, 0.3) is 0 Å². The zero-order valence-corrected chi connectivity index (χ0v) is 16.8. The molecule has 0 radical (unpaired) electrons. The van der Waals surface area contributed by atoms with Crippen LogP contribution >= 0.6 is 15.9 Å². The molecular weight excluding hydrogens is 396 g/mol. The Labute approximate surface area is 161 Å². The summed E-state index contributed by atoms with van der Waals surface area (Å²) in [5.74, 6) is -0.310. The van der Waals surface area contributed by atoms with Crippen molar-refractivity contribution in [3.8, 4) is 0 Å². The summed E-state index contributed by atoms with van der Waals surface area (Å²) in [6.07, 6.45) is 3.08. The van der Waals surface area contributed by atoms with Gasteiger partial charge in [-0.05, 0) is 75.1 Å². The lowest BCUT2D eigenvalue weighted by atomic mass is 9.81. The number of nitrogens with one attached hydrogen (secondary N) is 1. The van der Waals surface area contributed by atoms with Crippen molar-refractivity contribution in [3.63, 3.8) is 0 Å². The van der Waals surface area contributed by atoms with Crippen molar-refractivity contribution >= 4 is 39.3 Å². The molecule has 3 aliphatic rings. The van der Waals surface area contributed by atoms with Gasteiger partial charge < -0.3 is 5.32 Å². The molecule has 26 heavy (non-hydrogen) atoms. The van der Waals surface area contributed by atoms with Crippen LogP contribution in [0, 0.1) is 37.5 Å². The predicted molar refractivity (Wildman–Crippen MR) is 101 cm³/mol. The number of rotatable bonds is 3. The number of benzene rings is 1. The second kappa shape index (κ2) is 6.19. The fourth-order valence-electron chi connectivity index (χ4n) is 5.20. The van der Waals surface area contributed by atoms with Crippen LogP contribution in [0.2, 0.25) is 0 Å². The molecule has 4 rings (SSSR count). The summed E-state index contributed by atoms with van der Waals surface area (Å²) < 4.78 is 1.01. The minimum atomic E-state index is -0.788. The van der Waals surface area contributed by atoms with E-state index >= 15 is 0 Å². The zero-order chi connectivity index (χ0) is 18.7. The van der Waals surface area contributed by atoms with Crippen molar-refractivity contribution in [3.05, 3.63) is 27.7 Å². The second-order valence-corrected chi connectivity index (χ2v) is 8.81. The highest BCUT2D eigenvalue weighted by molar-refractivity contribution is 9.10. The number of carbonyl (C=O) groups is 3. The number of nitrogens with zero attached hydrogens (tertiary/aromatic N) is 1. The number of halogens is 1. The number of hydrogen-bond acceptors (Lipinski definition) is 3.